The van der Waals surface area contributed by atoms with E-state index in [0.29, 0.717) is 19.0 Å². The molecule has 1 saturated heterocycles. The molecule has 1 aliphatic heterocycles. The van der Waals surface area contributed by atoms with Crippen molar-refractivity contribution in [1.82, 2.24) is 9.80 Å². The molecule has 2 fully saturated rings. The lowest BCUT2D eigenvalue weighted by Crippen LogP contribution is -2.44. The maximum Gasteiger partial charge on any atom is 0.226 e. The van der Waals surface area contributed by atoms with Crippen LogP contribution in [0.1, 0.15) is 44.4 Å². The van der Waals surface area contributed by atoms with E-state index in [0.717, 1.165) is 42.4 Å². The van der Waals surface area contributed by atoms with Crippen molar-refractivity contribution in [2.45, 2.75) is 38.6 Å². The molecule has 1 saturated carbocycles. The Morgan fingerprint density at radius 2 is 1.81 bits per heavy atom. The van der Waals surface area contributed by atoms with Gasteiger partial charge in [-0.05, 0) is 44.7 Å². The van der Waals surface area contributed by atoms with E-state index >= 15 is 0 Å². The molecule has 26 heavy (non-hydrogen) atoms. The van der Waals surface area contributed by atoms with Crippen molar-refractivity contribution in [3.05, 3.63) is 36.1 Å². The summed E-state index contributed by atoms with van der Waals surface area (Å²) < 4.78 is 5.92. The highest BCUT2D eigenvalue weighted by atomic mass is 16.3. The predicted octanol–water partition coefficient (Wildman–Crippen LogP) is 3.60. The van der Waals surface area contributed by atoms with Crippen LogP contribution >= 0.6 is 0 Å². The van der Waals surface area contributed by atoms with E-state index in [1.165, 1.54) is 0 Å². The van der Waals surface area contributed by atoms with Gasteiger partial charge in [0.2, 0.25) is 11.8 Å². The van der Waals surface area contributed by atoms with Gasteiger partial charge in [0.15, 0.2) is 0 Å². The van der Waals surface area contributed by atoms with Crippen LogP contribution in [0.4, 0.5) is 0 Å². The second-order valence-electron chi connectivity index (χ2n) is 7.69. The summed E-state index contributed by atoms with van der Waals surface area (Å²) in [5.41, 5.74) is 0.849. The number of rotatable bonds is 4. The zero-order chi connectivity index (χ0) is 18.3. The Bertz CT molecular complexity index is 783. The monoisotopic (exact) mass is 354 g/mol. The third-order valence-corrected chi connectivity index (χ3v) is 5.87. The van der Waals surface area contributed by atoms with Crippen molar-refractivity contribution in [2.75, 3.05) is 20.1 Å². The summed E-state index contributed by atoms with van der Waals surface area (Å²) in [5, 5.41) is 1.06. The molecule has 2 aromatic rings. The van der Waals surface area contributed by atoms with Crippen LogP contribution in [-0.2, 0) is 9.59 Å². The number of nitrogens with zero attached hydrogens (tertiary/aromatic N) is 2. The standard InChI is InChI=1S/C21H26N2O3/c1-14(19-13-17-5-3-4-6-18(17)26-19)22(2)20(24)16-9-11-23(12-10-16)21(25)15-7-8-15/h3-6,13-16H,7-12H2,1-2H3/t14-/m1/s1. The van der Waals surface area contributed by atoms with Crippen LogP contribution in [0, 0.1) is 11.8 Å². The number of carbonyl (C=O) groups is 2. The fourth-order valence-electron chi connectivity index (χ4n) is 3.81. The molecule has 2 aliphatic rings. The average Bonchev–Trinajstić information content (AvgIpc) is 3.44. The molecule has 2 amide bonds. The fourth-order valence-corrected chi connectivity index (χ4v) is 3.81. The van der Waals surface area contributed by atoms with Crippen molar-refractivity contribution < 1.29 is 14.0 Å². The SMILES string of the molecule is C[C@H](c1cc2ccccc2o1)N(C)C(=O)C1CCN(C(=O)C2CC2)CC1. The van der Waals surface area contributed by atoms with Gasteiger partial charge in [-0.2, -0.15) is 0 Å². The summed E-state index contributed by atoms with van der Waals surface area (Å²) in [7, 11) is 1.85. The fraction of sp³-hybridized carbons (Fsp3) is 0.524. The molecule has 1 aliphatic carbocycles. The second-order valence-corrected chi connectivity index (χ2v) is 7.69. The Kier molecular flexibility index (Phi) is 4.47. The summed E-state index contributed by atoms with van der Waals surface area (Å²) in [6.45, 7) is 3.42. The highest BCUT2D eigenvalue weighted by molar-refractivity contribution is 5.83. The second kappa shape index (κ2) is 6.78. The molecule has 4 rings (SSSR count). The zero-order valence-electron chi connectivity index (χ0n) is 15.5. The summed E-state index contributed by atoms with van der Waals surface area (Å²) >= 11 is 0. The molecule has 1 aromatic heterocycles. The van der Waals surface area contributed by atoms with Crippen molar-refractivity contribution in [1.29, 1.82) is 0 Å². The van der Waals surface area contributed by atoms with Crippen LogP contribution in [-0.4, -0.2) is 41.8 Å². The van der Waals surface area contributed by atoms with Crippen LogP contribution < -0.4 is 0 Å². The first-order valence-electron chi connectivity index (χ1n) is 9.58. The van der Waals surface area contributed by atoms with E-state index < -0.39 is 0 Å². The minimum Gasteiger partial charge on any atom is -0.459 e. The Labute approximate surface area is 153 Å². The number of likely N-dealkylation sites (tertiary alicyclic amines) is 1. The molecular formula is C21H26N2O3. The van der Waals surface area contributed by atoms with Crippen molar-refractivity contribution >= 4 is 22.8 Å². The molecular weight excluding hydrogens is 328 g/mol. The summed E-state index contributed by atoms with van der Waals surface area (Å²) in [6, 6.07) is 9.80. The highest BCUT2D eigenvalue weighted by Gasteiger charge is 2.37. The number of amides is 2. The van der Waals surface area contributed by atoms with Gasteiger partial charge in [0.1, 0.15) is 11.3 Å². The lowest BCUT2D eigenvalue weighted by molar-refractivity contribution is -0.141. The molecule has 0 unspecified atom stereocenters. The Balaban J connectivity index is 1.38. The van der Waals surface area contributed by atoms with Gasteiger partial charge in [0, 0.05) is 37.4 Å². The van der Waals surface area contributed by atoms with Crippen LogP contribution in [0.3, 0.4) is 0 Å². The van der Waals surface area contributed by atoms with E-state index in [2.05, 4.69) is 0 Å². The number of piperidine rings is 1. The number of fused-ring (bicyclic) bond motifs is 1. The third-order valence-electron chi connectivity index (χ3n) is 5.87. The molecule has 138 valence electrons. The number of carbonyl (C=O) groups excluding carboxylic acids is 2. The first-order chi connectivity index (χ1) is 12.5. The largest absolute Gasteiger partial charge is 0.459 e. The normalized spacial score (nSPS) is 19.5. The van der Waals surface area contributed by atoms with Gasteiger partial charge in [-0.3, -0.25) is 9.59 Å². The van der Waals surface area contributed by atoms with E-state index in [-0.39, 0.29) is 23.8 Å². The van der Waals surface area contributed by atoms with E-state index in [9.17, 15) is 9.59 Å². The highest BCUT2D eigenvalue weighted by Crippen LogP contribution is 2.33. The number of para-hydroxylation sites is 1. The van der Waals surface area contributed by atoms with Crippen molar-refractivity contribution in [2.24, 2.45) is 11.8 Å². The van der Waals surface area contributed by atoms with Gasteiger partial charge in [-0.25, -0.2) is 0 Å². The van der Waals surface area contributed by atoms with Crippen LogP contribution in [0.15, 0.2) is 34.7 Å². The molecule has 2 heterocycles. The van der Waals surface area contributed by atoms with E-state index in [4.69, 9.17) is 4.42 Å². The lowest BCUT2D eigenvalue weighted by Gasteiger charge is -2.34. The van der Waals surface area contributed by atoms with Gasteiger partial charge in [-0.15, -0.1) is 0 Å². The van der Waals surface area contributed by atoms with Gasteiger partial charge in [0.25, 0.3) is 0 Å². The maximum atomic E-state index is 12.9. The van der Waals surface area contributed by atoms with Crippen molar-refractivity contribution in [3.63, 3.8) is 0 Å². The maximum absolute atomic E-state index is 12.9. The Morgan fingerprint density at radius 1 is 1.12 bits per heavy atom. The van der Waals surface area contributed by atoms with Gasteiger partial charge >= 0.3 is 0 Å². The van der Waals surface area contributed by atoms with E-state index in [1.807, 2.05) is 49.2 Å². The van der Waals surface area contributed by atoms with Crippen LogP contribution in [0.2, 0.25) is 0 Å². The first-order valence-corrected chi connectivity index (χ1v) is 9.58. The topological polar surface area (TPSA) is 53.8 Å². The molecule has 0 radical (unpaired) electrons. The zero-order valence-corrected chi connectivity index (χ0v) is 15.5. The number of benzene rings is 1. The lowest BCUT2D eigenvalue weighted by atomic mass is 9.94. The molecule has 0 bridgehead atoms. The minimum absolute atomic E-state index is 0.00455. The van der Waals surface area contributed by atoms with Gasteiger partial charge < -0.3 is 14.2 Å². The van der Waals surface area contributed by atoms with Gasteiger partial charge in [-0.1, -0.05) is 18.2 Å². The van der Waals surface area contributed by atoms with Crippen LogP contribution in [0.25, 0.3) is 11.0 Å². The third kappa shape index (κ3) is 3.22. The predicted molar refractivity (Wildman–Crippen MR) is 99.4 cm³/mol. The molecule has 0 spiro atoms. The number of furan rings is 1. The number of hydrogen-bond donors (Lipinski definition) is 0. The summed E-state index contributed by atoms with van der Waals surface area (Å²) in [4.78, 5) is 28.8. The molecule has 0 N–H and O–H groups in total. The summed E-state index contributed by atoms with van der Waals surface area (Å²) in [5.74, 6) is 1.51. The molecule has 1 aromatic carbocycles. The van der Waals surface area contributed by atoms with Crippen molar-refractivity contribution in [3.8, 4) is 0 Å². The van der Waals surface area contributed by atoms with E-state index in [1.54, 1.807) is 4.90 Å². The van der Waals surface area contributed by atoms with Crippen LogP contribution in [0.5, 0.6) is 0 Å². The minimum atomic E-state index is -0.110. The number of hydrogen-bond acceptors (Lipinski definition) is 3. The average molecular weight is 354 g/mol. The quantitative estimate of drug-likeness (QED) is 0.843. The smallest absolute Gasteiger partial charge is 0.226 e. The first kappa shape index (κ1) is 17.1. The Morgan fingerprint density at radius 3 is 2.46 bits per heavy atom. The Hall–Kier alpha value is -2.30. The summed E-state index contributed by atoms with van der Waals surface area (Å²) in [6.07, 6.45) is 3.59. The molecule has 1 atom stereocenters. The molecule has 5 nitrogen and oxygen atoms in total. The van der Waals surface area contributed by atoms with Gasteiger partial charge in [0.05, 0.1) is 6.04 Å². The molecule has 5 heteroatoms.